The third kappa shape index (κ3) is 3.05. The number of benzene rings is 2. The normalized spacial score (nSPS) is 16.0. The van der Waals surface area contributed by atoms with Crippen LogP contribution in [0.1, 0.15) is 29.1 Å². The zero-order valence-corrected chi connectivity index (χ0v) is 20.2. The maximum atomic E-state index is 14.3. The van der Waals surface area contributed by atoms with Crippen LogP contribution in [0.15, 0.2) is 59.2 Å². The van der Waals surface area contributed by atoms with E-state index in [9.17, 15) is 29.8 Å². The van der Waals surface area contributed by atoms with E-state index >= 15 is 0 Å². The Kier molecular flexibility index (Phi) is 4.72. The minimum Gasteiger partial charge on any atom is -0.244 e. The lowest BCUT2D eigenvalue weighted by Crippen LogP contribution is -2.03. The summed E-state index contributed by atoms with van der Waals surface area (Å²) in [5.41, 5.74) is 5.20. The first-order chi connectivity index (χ1) is 19.4. The summed E-state index contributed by atoms with van der Waals surface area (Å²) in [5, 5.41) is 38.4. The van der Waals surface area contributed by atoms with Gasteiger partial charge in [0.05, 0.1) is 44.8 Å². The van der Waals surface area contributed by atoms with E-state index in [0.29, 0.717) is 61.4 Å². The van der Waals surface area contributed by atoms with E-state index in [1.165, 1.54) is 24.3 Å². The topological polar surface area (TPSA) is 147 Å². The molecule has 2 heterocycles. The second-order valence-electron chi connectivity index (χ2n) is 9.28. The zero-order chi connectivity index (χ0) is 27.7. The number of fused-ring (bicyclic) bond motifs is 7. The second kappa shape index (κ2) is 8.20. The van der Waals surface area contributed by atoms with Crippen LogP contribution >= 0.6 is 0 Å². The second-order valence-corrected chi connectivity index (χ2v) is 9.28. The van der Waals surface area contributed by atoms with Gasteiger partial charge in [-0.15, -0.1) is 0 Å². The minimum atomic E-state index is -1.26. The van der Waals surface area contributed by atoms with Gasteiger partial charge in [-0.1, -0.05) is 6.08 Å². The van der Waals surface area contributed by atoms with Gasteiger partial charge in [-0.3, -0.25) is 0 Å². The Labute approximate surface area is 224 Å². The summed E-state index contributed by atoms with van der Waals surface area (Å²) in [6.45, 7) is 0. The molecule has 40 heavy (non-hydrogen) atoms. The summed E-state index contributed by atoms with van der Waals surface area (Å²) >= 11 is 0. The van der Waals surface area contributed by atoms with Gasteiger partial charge < -0.3 is 0 Å². The van der Waals surface area contributed by atoms with Gasteiger partial charge >= 0.3 is 0 Å². The monoisotopic (exact) mass is 520 g/mol. The average Bonchev–Trinajstić information content (AvgIpc) is 3.42. The van der Waals surface area contributed by atoms with Crippen molar-refractivity contribution in [3.8, 4) is 35.5 Å². The van der Waals surface area contributed by atoms with E-state index in [1.807, 2.05) is 24.3 Å². The molecule has 0 saturated heterocycles. The van der Waals surface area contributed by atoms with Gasteiger partial charge in [0.1, 0.15) is 47.4 Å². The Morgan fingerprint density at radius 3 is 1.88 bits per heavy atom. The molecule has 10 heteroatoms. The molecule has 3 aliphatic rings. The fourth-order valence-electron chi connectivity index (χ4n) is 5.46. The Hall–Kier alpha value is -6.10. The van der Waals surface area contributed by atoms with E-state index in [0.717, 1.165) is 0 Å². The molecule has 0 spiro atoms. The molecule has 2 aromatic carbocycles. The third-order valence-corrected chi connectivity index (χ3v) is 7.13. The lowest BCUT2D eigenvalue weighted by molar-refractivity contribution is 0.399. The first-order valence-corrected chi connectivity index (χ1v) is 12.0. The van der Waals surface area contributed by atoms with Crippen molar-refractivity contribution in [2.24, 2.45) is 0 Å². The maximum absolute atomic E-state index is 14.3. The highest BCUT2D eigenvalue weighted by Crippen LogP contribution is 2.47. The first kappa shape index (κ1) is 23.0. The molecule has 4 aromatic rings. The molecule has 0 fully saturated rings. The van der Waals surface area contributed by atoms with Crippen LogP contribution in [0.4, 0.5) is 8.78 Å². The average molecular weight is 520 g/mol. The van der Waals surface area contributed by atoms with Gasteiger partial charge in [0.15, 0.2) is 0 Å². The molecule has 3 aliphatic carbocycles. The molecule has 0 bridgehead atoms. The van der Waals surface area contributed by atoms with Crippen LogP contribution in [0.2, 0.25) is 0 Å². The van der Waals surface area contributed by atoms with Crippen molar-refractivity contribution in [3.05, 3.63) is 87.7 Å². The molecule has 7 rings (SSSR count). The Morgan fingerprint density at radius 2 is 1.25 bits per heavy atom. The largest absolute Gasteiger partial charge is 0.244 e. The molecule has 184 valence electrons. The van der Waals surface area contributed by atoms with Crippen LogP contribution in [0.25, 0.3) is 50.0 Å². The summed E-state index contributed by atoms with van der Waals surface area (Å²) in [7, 11) is 0. The summed E-state index contributed by atoms with van der Waals surface area (Å²) in [6.07, 6.45) is 1.74. The van der Waals surface area contributed by atoms with Crippen LogP contribution in [0.5, 0.6) is 0 Å². The third-order valence-electron chi connectivity index (χ3n) is 7.13. The van der Waals surface area contributed by atoms with Crippen LogP contribution in [-0.2, 0) is 0 Å². The van der Waals surface area contributed by atoms with Gasteiger partial charge in [0.25, 0.3) is 0 Å². The zero-order valence-electron chi connectivity index (χ0n) is 20.2. The van der Waals surface area contributed by atoms with Crippen molar-refractivity contribution in [2.75, 3.05) is 0 Å². The predicted octanol–water partition coefficient (Wildman–Crippen LogP) is 5.41. The van der Waals surface area contributed by atoms with E-state index in [4.69, 9.17) is 19.9 Å². The summed E-state index contributed by atoms with van der Waals surface area (Å²) < 4.78 is 28.5. The molecule has 1 unspecified atom stereocenters. The smallest absolute Gasteiger partial charge is 0.139 e. The standard InChI is InChI=1S/C30H10F2N8/c31-15-1-3-17-19(5-15)25(13(9-33)10-34)29-27(17)37-21-7-22-24(8-23(21)39-29)40-30-26(14(11-35)12-36)20-6-16(32)2-4-18(20)28(30)38-22/h1-5,7-8,16H,6H2. The van der Waals surface area contributed by atoms with Crippen molar-refractivity contribution in [1.29, 1.82) is 21.0 Å². The molecular weight excluding hydrogens is 510 g/mol. The van der Waals surface area contributed by atoms with Gasteiger partial charge in [-0.2, -0.15) is 21.0 Å². The van der Waals surface area contributed by atoms with E-state index in [2.05, 4.69) is 0 Å². The van der Waals surface area contributed by atoms with Gasteiger partial charge in [0.2, 0.25) is 0 Å². The number of allylic oxidation sites excluding steroid dienone is 7. The lowest BCUT2D eigenvalue weighted by Gasteiger charge is -2.12. The van der Waals surface area contributed by atoms with Gasteiger partial charge in [-0.25, -0.2) is 28.7 Å². The van der Waals surface area contributed by atoms with E-state index in [-0.39, 0.29) is 34.4 Å². The number of aromatic nitrogens is 4. The number of nitriles is 4. The molecular formula is C30H10F2N8. The van der Waals surface area contributed by atoms with Crippen molar-refractivity contribution in [1.82, 2.24) is 19.9 Å². The number of alkyl halides is 1. The predicted molar refractivity (Wildman–Crippen MR) is 139 cm³/mol. The molecule has 2 aromatic heterocycles. The molecule has 0 aliphatic heterocycles. The fourth-order valence-corrected chi connectivity index (χ4v) is 5.46. The van der Waals surface area contributed by atoms with Crippen LogP contribution in [-0.4, -0.2) is 26.1 Å². The number of rotatable bonds is 0. The number of hydrogen-bond donors (Lipinski definition) is 0. The summed E-state index contributed by atoms with van der Waals surface area (Å²) in [6, 6.07) is 14.9. The van der Waals surface area contributed by atoms with E-state index < -0.39 is 12.0 Å². The first-order valence-electron chi connectivity index (χ1n) is 12.0. The van der Waals surface area contributed by atoms with Crippen molar-refractivity contribution in [3.63, 3.8) is 0 Å². The van der Waals surface area contributed by atoms with Crippen molar-refractivity contribution in [2.45, 2.75) is 12.6 Å². The highest BCUT2D eigenvalue weighted by atomic mass is 19.1. The fraction of sp³-hybridized carbons (Fsp3) is 0.0667. The van der Waals surface area contributed by atoms with Gasteiger partial charge in [-0.05, 0) is 47.5 Å². The highest BCUT2D eigenvalue weighted by molar-refractivity contribution is 6.07. The maximum Gasteiger partial charge on any atom is 0.139 e. The number of hydrogen-bond acceptors (Lipinski definition) is 8. The minimum absolute atomic E-state index is 0.00451. The van der Waals surface area contributed by atoms with Crippen LogP contribution in [0.3, 0.4) is 0 Å². The highest BCUT2D eigenvalue weighted by Gasteiger charge is 2.35. The van der Waals surface area contributed by atoms with Crippen molar-refractivity contribution >= 4 is 38.8 Å². The molecule has 1 atom stereocenters. The Balaban J connectivity index is 1.51. The summed E-state index contributed by atoms with van der Waals surface area (Å²) in [4.78, 5) is 19.0. The molecule has 8 nitrogen and oxygen atoms in total. The molecule has 0 radical (unpaired) electrons. The Morgan fingerprint density at radius 1 is 0.700 bits per heavy atom. The van der Waals surface area contributed by atoms with E-state index in [1.54, 1.807) is 18.2 Å². The summed E-state index contributed by atoms with van der Waals surface area (Å²) in [5.74, 6) is -0.528. The Bertz CT molecular complexity index is 2180. The van der Waals surface area contributed by atoms with Crippen LogP contribution in [0, 0.1) is 51.1 Å². The lowest BCUT2D eigenvalue weighted by atomic mass is 9.93. The number of nitrogens with zero attached hydrogens (tertiary/aromatic N) is 8. The quantitative estimate of drug-likeness (QED) is 0.195. The molecule has 0 amide bonds. The van der Waals surface area contributed by atoms with Crippen molar-refractivity contribution < 1.29 is 8.78 Å². The van der Waals surface area contributed by atoms with Crippen LogP contribution < -0.4 is 0 Å². The number of halogens is 2. The molecule has 0 N–H and O–H groups in total. The SMILES string of the molecule is N#CC(C#N)=C1C2=C(C=CC(F)C2)c2nc3cc4nc5c(nc4cc3nc21)C(=C(C#N)C#N)c1cc(F)ccc1-5. The van der Waals surface area contributed by atoms with Gasteiger partial charge in [0, 0.05) is 28.7 Å². The molecule has 0 saturated carbocycles.